The molecule has 0 bridgehead atoms. The molecule has 0 aromatic heterocycles. The number of carbonyl (C=O) groups excluding carboxylic acids is 1. The number of hydrogen-bond acceptors (Lipinski definition) is 2. The first-order valence-corrected chi connectivity index (χ1v) is 4.75. The number of methoxy groups -OCH3 is 1. The Labute approximate surface area is 88.5 Å². The molecule has 2 heteroatoms. The molecule has 1 radical (unpaired) electrons. The highest BCUT2D eigenvalue weighted by molar-refractivity contribution is 5.85. The van der Waals surface area contributed by atoms with Crippen molar-refractivity contribution >= 4 is 17.1 Å². The third-order valence-electron chi connectivity index (χ3n) is 2.39. The van der Waals surface area contributed by atoms with Crippen LogP contribution in [0.4, 0.5) is 0 Å². The Morgan fingerprint density at radius 3 is 2.60 bits per heavy atom. The van der Waals surface area contributed by atoms with Gasteiger partial charge >= 0.3 is 0 Å². The van der Waals surface area contributed by atoms with Crippen molar-refractivity contribution in [3.8, 4) is 5.75 Å². The normalized spacial score (nSPS) is 10.2. The van der Waals surface area contributed by atoms with Crippen molar-refractivity contribution in [3.05, 3.63) is 42.0 Å². The Balaban J connectivity index is 2.49. The van der Waals surface area contributed by atoms with Gasteiger partial charge in [0, 0.05) is 6.42 Å². The minimum atomic E-state index is 0.349. The highest BCUT2D eigenvalue weighted by atomic mass is 16.5. The monoisotopic (exact) mass is 199 g/mol. The molecule has 0 amide bonds. The van der Waals surface area contributed by atoms with Crippen LogP contribution in [0.25, 0.3) is 10.8 Å². The fourth-order valence-corrected chi connectivity index (χ4v) is 1.59. The third kappa shape index (κ3) is 1.99. The summed E-state index contributed by atoms with van der Waals surface area (Å²) < 4.78 is 5.14. The molecule has 0 atom stereocenters. The van der Waals surface area contributed by atoms with Gasteiger partial charge in [0.25, 0.3) is 0 Å². The summed E-state index contributed by atoms with van der Waals surface area (Å²) in [7, 11) is 1.65. The van der Waals surface area contributed by atoms with Gasteiger partial charge in [-0.25, -0.2) is 0 Å². The van der Waals surface area contributed by atoms with Gasteiger partial charge in [0.2, 0.25) is 6.29 Å². The topological polar surface area (TPSA) is 26.3 Å². The highest BCUT2D eigenvalue weighted by Crippen LogP contribution is 2.21. The van der Waals surface area contributed by atoms with Crippen LogP contribution >= 0.6 is 0 Å². The average Bonchev–Trinajstić information content (AvgIpc) is 2.29. The van der Waals surface area contributed by atoms with Crippen molar-refractivity contribution in [2.75, 3.05) is 7.11 Å². The quantitative estimate of drug-likeness (QED) is 0.759. The number of benzene rings is 2. The molecule has 0 heterocycles. The zero-order valence-electron chi connectivity index (χ0n) is 8.49. The standard InChI is InChI=1S/C13H11O2/c1-15-13-5-4-11-8-10(6-7-14)2-3-12(11)9-13/h2-5,8-9H,6H2,1H3. The van der Waals surface area contributed by atoms with Gasteiger partial charge in [0.15, 0.2) is 0 Å². The fourth-order valence-electron chi connectivity index (χ4n) is 1.59. The molecule has 0 aliphatic carbocycles. The van der Waals surface area contributed by atoms with Crippen LogP contribution in [0.2, 0.25) is 0 Å². The molecule has 0 N–H and O–H groups in total. The van der Waals surface area contributed by atoms with E-state index >= 15 is 0 Å². The third-order valence-corrected chi connectivity index (χ3v) is 2.39. The summed E-state index contributed by atoms with van der Waals surface area (Å²) in [5.41, 5.74) is 0.989. The van der Waals surface area contributed by atoms with E-state index in [-0.39, 0.29) is 0 Å². The van der Waals surface area contributed by atoms with Crippen molar-refractivity contribution in [1.29, 1.82) is 0 Å². The van der Waals surface area contributed by atoms with Crippen LogP contribution in [0.5, 0.6) is 5.75 Å². The lowest BCUT2D eigenvalue weighted by Gasteiger charge is -2.03. The Bertz CT molecular complexity index is 489. The summed E-state index contributed by atoms with van der Waals surface area (Å²) >= 11 is 0. The largest absolute Gasteiger partial charge is 0.497 e. The second-order valence-corrected chi connectivity index (χ2v) is 3.37. The van der Waals surface area contributed by atoms with Crippen molar-refractivity contribution < 1.29 is 9.53 Å². The van der Waals surface area contributed by atoms with Gasteiger partial charge in [0.1, 0.15) is 5.75 Å². The van der Waals surface area contributed by atoms with E-state index < -0.39 is 0 Å². The van der Waals surface area contributed by atoms with E-state index in [1.807, 2.05) is 42.7 Å². The molecule has 0 spiro atoms. The second kappa shape index (κ2) is 4.13. The Kier molecular flexibility index (Phi) is 2.68. The predicted molar refractivity (Wildman–Crippen MR) is 59.9 cm³/mol. The van der Waals surface area contributed by atoms with Gasteiger partial charge in [-0.1, -0.05) is 24.3 Å². The minimum Gasteiger partial charge on any atom is -0.497 e. The number of fused-ring (bicyclic) bond motifs is 1. The van der Waals surface area contributed by atoms with Gasteiger partial charge in [-0.05, 0) is 28.5 Å². The van der Waals surface area contributed by atoms with E-state index in [0.717, 1.165) is 22.1 Å². The van der Waals surface area contributed by atoms with Crippen molar-refractivity contribution in [3.63, 3.8) is 0 Å². The minimum absolute atomic E-state index is 0.349. The van der Waals surface area contributed by atoms with Crippen LogP contribution in [-0.2, 0) is 11.2 Å². The SMILES string of the molecule is COc1ccc2cc(C[C]=O)ccc2c1. The van der Waals surface area contributed by atoms with Crippen LogP contribution < -0.4 is 4.74 Å². The lowest BCUT2D eigenvalue weighted by molar-refractivity contribution is 0.415. The summed E-state index contributed by atoms with van der Waals surface area (Å²) in [6.07, 6.45) is 2.25. The lowest BCUT2D eigenvalue weighted by Crippen LogP contribution is -1.86. The summed E-state index contributed by atoms with van der Waals surface area (Å²) in [6, 6.07) is 11.8. The molecule has 0 saturated heterocycles. The molecule has 2 rings (SSSR count). The predicted octanol–water partition coefficient (Wildman–Crippen LogP) is 2.50. The molecule has 0 aliphatic heterocycles. The molecule has 0 unspecified atom stereocenters. The van der Waals surface area contributed by atoms with Crippen LogP contribution in [0.15, 0.2) is 36.4 Å². The van der Waals surface area contributed by atoms with Gasteiger partial charge < -0.3 is 4.74 Å². The van der Waals surface area contributed by atoms with Crippen LogP contribution in [0.3, 0.4) is 0 Å². The zero-order chi connectivity index (χ0) is 10.7. The molecule has 15 heavy (non-hydrogen) atoms. The molecular formula is C13H11O2. The highest BCUT2D eigenvalue weighted by Gasteiger charge is 1.98. The Hall–Kier alpha value is -1.83. The summed E-state index contributed by atoms with van der Waals surface area (Å²) in [5.74, 6) is 0.845. The first kappa shape index (κ1) is 9.71. The van der Waals surface area contributed by atoms with E-state index in [4.69, 9.17) is 4.74 Å². The van der Waals surface area contributed by atoms with E-state index in [1.54, 1.807) is 7.11 Å². The molecule has 2 aromatic rings. The van der Waals surface area contributed by atoms with E-state index in [0.29, 0.717) is 6.42 Å². The van der Waals surface area contributed by atoms with Gasteiger partial charge in [-0.3, -0.25) is 4.79 Å². The number of ether oxygens (including phenoxy) is 1. The van der Waals surface area contributed by atoms with Crippen LogP contribution in [-0.4, -0.2) is 13.4 Å². The molecule has 2 aromatic carbocycles. The van der Waals surface area contributed by atoms with E-state index in [9.17, 15) is 4.79 Å². The van der Waals surface area contributed by atoms with Gasteiger partial charge in [0.05, 0.1) is 7.11 Å². The fraction of sp³-hybridized carbons (Fsp3) is 0.154. The molecular weight excluding hydrogens is 188 g/mol. The molecule has 75 valence electrons. The summed E-state index contributed by atoms with van der Waals surface area (Å²) in [4.78, 5) is 10.3. The Morgan fingerprint density at radius 2 is 1.87 bits per heavy atom. The summed E-state index contributed by atoms with van der Waals surface area (Å²) in [5, 5.41) is 2.23. The molecule has 2 nitrogen and oxygen atoms in total. The maximum absolute atomic E-state index is 10.3. The first-order chi connectivity index (χ1) is 7.33. The number of hydrogen-bond donors (Lipinski definition) is 0. The van der Waals surface area contributed by atoms with Crippen molar-refractivity contribution in [2.24, 2.45) is 0 Å². The van der Waals surface area contributed by atoms with Crippen molar-refractivity contribution in [2.45, 2.75) is 6.42 Å². The Morgan fingerprint density at radius 1 is 1.13 bits per heavy atom. The van der Waals surface area contributed by atoms with E-state index in [1.165, 1.54) is 0 Å². The first-order valence-electron chi connectivity index (χ1n) is 4.75. The maximum atomic E-state index is 10.3. The van der Waals surface area contributed by atoms with Gasteiger partial charge in [-0.15, -0.1) is 0 Å². The molecule has 0 fully saturated rings. The second-order valence-electron chi connectivity index (χ2n) is 3.37. The van der Waals surface area contributed by atoms with Gasteiger partial charge in [-0.2, -0.15) is 0 Å². The summed E-state index contributed by atoms with van der Waals surface area (Å²) in [6.45, 7) is 0. The lowest BCUT2D eigenvalue weighted by atomic mass is 10.1. The van der Waals surface area contributed by atoms with Crippen LogP contribution in [0.1, 0.15) is 5.56 Å². The van der Waals surface area contributed by atoms with E-state index in [2.05, 4.69) is 0 Å². The number of rotatable bonds is 3. The molecule has 0 saturated carbocycles. The average molecular weight is 199 g/mol. The smallest absolute Gasteiger partial charge is 0.203 e. The molecule has 0 aliphatic rings. The van der Waals surface area contributed by atoms with Crippen molar-refractivity contribution in [1.82, 2.24) is 0 Å². The zero-order valence-corrected chi connectivity index (χ0v) is 8.49. The maximum Gasteiger partial charge on any atom is 0.203 e. The van der Waals surface area contributed by atoms with Crippen LogP contribution in [0, 0.1) is 0 Å².